The Kier molecular flexibility index (Phi) is 3.41. The van der Waals surface area contributed by atoms with Crippen molar-refractivity contribution in [3.05, 3.63) is 46.3 Å². The minimum absolute atomic E-state index is 0.823. The first-order chi connectivity index (χ1) is 8.47. The number of anilines is 1. The van der Waals surface area contributed by atoms with Crippen molar-refractivity contribution >= 4 is 5.69 Å². The molecule has 0 atom stereocenters. The molecule has 3 heteroatoms. The van der Waals surface area contributed by atoms with E-state index in [9.17, 15) is 0 Å². The van der Waals surface area contributed by atoms with Crippen LogP contribution in [0.5, 0.6) is 0 Å². The van der Waals surface area contributed by atoms with E-state index < -0.39 is 0 Å². The molecule has 0 aliphatic heterocycles. The number of aromatic nitrogens is 1. The highest BCUT2D eigenvalue weighted by Gasteiger charge is 2.12. The van der Waals surface area contributed by atoms with Crippen molar-refractivity contribution < 1.29 is 4.52 Å². The second kappa shape index (κ2) is 4.84. The summed E-state index contributed by atoms with van der Waals surface area (Å²) < 4.78 is 5.20. The van der Waals surface area contributed by atoms with Gasteiger partial charge in [0, 0.05) is 24.8 Å². The van der Waals surface area contributed by atoms with Gasteiger partial charge in [-0.25, -0.2) is 0 Å². The third kappa shape index (κ3) is 2.55. The predicted octanol–water partition coefficient (Wildman–Crippen LogP) is 3.54. The highest BCUT2D eigenvalue weighted by atomic mass is 16.5. The van der Waals surface area contributed by atoms with Gasteiger partial charge in [-0.15, -0.1) is 0 Å². The number of rotatable bonds is 3. The lowest BCUT2D eigenvalue weighted by atomic mass is 10.1. The first-order valence-electron chi connectivity index (χ1n) is 6.18. The molecule has 0 N–H and O–H groups in total. The Morgan fingerprint density at radius 1 is 1.06 bits per heavy atom. The average molecular weight is 244 g/mol. The Hall–Kier alpha value is -1.77. The van der Waals surface area contributed by atoms with Crippen molar-refractivity contribution in [1.82, 2.24) is 5.16 Å². The molecule has 0 saturated carbocycles. The van der Waals surface area contributed by atoms with Gasteiger partial charge in [-0.1, -0.05) is 11.2 Å². The van der Waals surface area contributed by atoms with Crippen LogP contribution in [-0.4, -0.2) is 12.2 Å². The maximum atomic E-state index is 5.20. The molecule has 0 fully saturated rings. The maximum absolute atomic E-state index is 5.20. The van der Waals surface area contributed by atoms with Crippen LogP contribution in [0.15, 0.2) is 22.7 Å². The Balaban J connectivity index is 2.24. The highest BCUT2D eigenvalue weighted by molar-refractivity contribution is 5.51. The summed E-state index contributed by atoms with van der Waals surface area (Å²) in [6, 6.07) is 6.59. The summed E-state index contributed by atoms with van der Waals surface area (Å²) in [5, 5.41) is 4.00. The van der Waals surface area contributed by atoms with Crippen LogP contribution in [0.25, 0.3) is 0 Å². The van der Waals surface area contributed by atoms with Crippen LogP contribution in [0.2, 0.25) is 0 Å². The van der Waals surface area contributed by atoms with Gasteiger partial charge in [0.2, 0.25) is 0 Å². The van der Waals surface area contributed by atoms with Gasteiger partial charge >= 0.3 is 0 Å². The minimum atomic E-state index is 0.823. The van der Waals surface area contributed by atoms with E-state index in [1.54, 1.807) is 0 Å². The van der Waals surface area contributed by atoms with Crippen LogP contribution in [0.4, 0.5) is 5.69 Å². The molecule has 18 heavy (non-hydrogen) atoms. The Labute approximate surface area is 108 Å². The van der Waals surface area contributed by atoms with Crippen molar-refractivity contribution in [1.29, 1.82) is 0 Å². The molecule has 0 spiro atoms. The zero-order valence-corrected chi connectivity index (χ0v) is 11.7. The zero-order chi connectivity index (χ0) is 13.3. The topological polar surface area (TPSA) is 29.3 Å². The molecule has 96 valence electrons. The van der Waals surface area contributed by atoms with E-state index in [-0.39, 0.29) is 0 Å². The van der Waals surface area contributed by atoms with Crippen LogP contribution >= 0.6 is 0 Å². The third-order valence-electron chi connectivity index (χ3n) is 3.22. The fourth-order valence-electron chi connectivity index (χ4n) is 2.23. The van der Waals surface area contributed by atoms with Crippen LogP contribution in [0.1, 0.15) is 28.1 Å². The van der Waals surface area contributed by atoms with Crippen LogP contribution < -0.4 is 4.90 Å². The first kappa shape index (κ1) is 12.7. The number of nitrogens with zero attached hydrogens (tertiary/aromatic N) is 2. The van der Waals surface area contributed by atoms with Crippen LogP contribution in [-0.2, 0) is 6.54 Å². The van der Waals surface area contributed by atoms with Crippen molar-refractivity contribution in [3.8, 4) is 0 Å². The van der Waals surface area contributed by atoms with Gasteiger partial charge in [0.1, 0.15) is 5.76 Å². The van der Waals surface area contributed by atoms with Crippen LogP contribution in [0, 0.1) is 27.7 Å². The molecule has 0 bridgehead atoms. The normalized spacial score (nSPS) is 10.7. The summed E-state index contributed by atoms with van der Waals surface area (Å²) in [5.41, 5.74) is 5.96. The second-order valence-corrected chi connectivity index (χ2v) is 5.00. The van der Waals surface area contributed by atoms with E-state index >= 15 is 0 Å². The van der Waals surface area contributed by atoms with Gasteiger partial charge in [-0.2, -0.15) is 0 Å². The van der Waals surface area contributed by atoms with E-state index in [1.807, 2.05) is 13.8 Å². The highest BCUT2D eigenvalue weighted by Crippen LogP contribution is 2.21. The summed E-state index contributed by atoms with van der Waals surface area (Å²) in [6.45, 7) is 9.02. The van der Waals surface area contributed by atoms with Gasteiger partial charge in [-0.05, 0) is 51.0 Å². The summed E-state index contributed by atoms with van der Waals surface area (Å²) in [4.78, 5) is 2.23. The molecular weight excluding hydrogens is 224 g/mol. The quantitative estimate of drug-likeness (QED) is 0.827. The molecule has 2 rings (SSSR count). The molecule has 3 nitrogen and oxygen atoms in total. The lowest BCUT2D eigenvalue weighted by Crippen LogP contribution is -2.17. The summed E-state index contributed by atoms with van der Waals surface area (Å²) in [5.74, 6) is 0.906. The van der Waals surface area contributed by atoms with Crippen molar-refractivity contribution in [2.45, 2.75) is 34.2 Å². The second-order valence-electron chi connectivity index (χ2n) is 5.00. The van der Waals surface area contributed by atoms with E-state index in [1.165, 1.54) is 22.4 Å². The fraction of sp³-hybridized carbons (Fsp3) is 0.400. The first-order valence-corrected chi connectivity index (χ1v) is 6.18. The number of hydrogen-bond donors (Lipinski definition) is 0. The molecule has 0 unspecified atom stereocenters. The smallest absolute Gasteiger partial charge is 0.138 e. The van der Waals surface area contributed by atoms with Gasteiger partial charge in [-0.3, -0.25) is 0 Å². The van der Waals surface area contributed by atoms with Gasteiger partial charge < -0.3 is 9.42 Å². The molecule has 0 saturated heterocycles. The summed E-state index contributed by atoms with van der Waals surface area (Å²) >= 11 is 0. The van der Waals surface area contributed by atoms with Gasteiger partial charge in [0.15, 0.2) is 0 Å². The molecule has 0 aliphatic carbocycles. The molecule has 0 aliphatic rings. The standard InChI is InChI=1S/C15H20N2O/c1-10-6-11(2)8-14(7-10)17(5)9-15-12(3)16-18-13(15)4/h6-8H,9H2,1-5H3. The SMILES string of the molecule is Cc1cc(C)cc(N(C)Cc2c(C)noc2C)c1. The lowest BCUT2D eigenvalue weighted by Gasteiger charge is -2.20. The van der Waals surface area contributed by atoms with Crippen molar-refractivity contribution in [3.63, 3.8) is 0 Å². The zero-order valence-electron chi connectivity index (χ0n) is 11.7. The maximum Gasteiger partial charge on any atom is 0.138 e. The lowest BCUT2D eigenvalue weighted by molar-refractivity contribution is 0.392. The molecule has 0 amide bonds. The van der Waals surface area contributed by atoms with Crippen LogP contribution in [0.3, 0.4) is 0 Å². The molecule has 0 radical (unpaired) electrons. The molecular formula is C15H20N2O. The molecule has 1 heterocycles. The number of aryl methyl sites for hydroxylation is 4. The van der Waals surface area contributed by atoms with E-state index in [0.717, 1.165) is 18.0 Å². The number of hydrogen-bond acceptors (Lipinski definition) is 3. The van der Waals surface area contributed by atoms with Gasteiger partial charge in [0.05, 0.1) is 5.69 Å². The van der Waals surface area contributed by atoms with E-state index in [2.05, 4.69) is 49.2 Å². The molecule has 2 aromatic rings. The number of benzene rings is 1. The van der Waals surface area contributed by atoms with Gasteiger partial charge in [0.25, 0.3) is 0 Å². The minimum Gasteiger partial charge on any atom is -0.370 e. The average Bonchev–Trinajstić information content (AvgIpc) is 2.59. The third-order valence-corrected chi connectivity index (χ3v) is 3.22. The fourth-order valence-corrected chi connectivity index (χ4v) is 2.23. The Bertz CT molecular complexity index is 518. The van der Waals surface area contributed by atoms with Crippen molar-refractivity contribution in [2.75, 3.05) is 11.9 Å². The predicted molar refractivity (Wildman–Crippen MR) is 74.0 cm³/mol. The largest absolute Gasteiger partial charge is 0.370 e. The Morgan fingerprint density at radius 3 is 2.17 bits per heavy atom. The van der Waals surface area contributed by atoms with E-state index in [0.29, 0.717) is 0 Å². The monoisotopic (exact) mass is 244 g/mol. The summed E-state index contributed by atoms with van der Waals surface area (Å²) in [7, 11) is 2.10. The Morgan fingerprint density at radius 2 is 1.67 bits per heavy atom. The van der Waals surface area contributed by atoms with Crippen molar-refractivity contribution in [2.24, 2.45) is 0 Å². The van der Waals surface area contributed by atoms with E-state index in [4.69, 9.17) is 4.52 Å². The molecule has 1 aromatic heterocycles. The summed E-state index contributed by atoms with van der Waals surface area (Å²) in [6.07, 6.45) is 0. The molecule has 1 aromatic carbocycles.